The maximum Gasteiger partial charge on any atom is 0.0541 e. The van der Waals surface area contributed by atoms with E-state index in [-0.39, 0.29) is 0 Å². The fraction of sp³-hybridized carbons (Fsp3) is 0.0938. The van der Waals surface area contributed by atoms with Gasteiger partial charge in [-0.25, -0.2) is 0 Å². The molecule has 1 atom stereocenters. The average molecular weight is 847 g/mol. The highest BCUT2D eigenvalue weighted by atomic mass is 15.0. The fourth-order valence-corrected chi connectivity index (χ4v) is 10.5. The number of hydrogen-bond acceptors (Lipinski definition) is 0. The molecule has 1 aliphatic carbocycles. The molecule has 9 aromatic carbocycles. The second-order valence-corrected chi connectivity index (χ2v) is 17.9. The monoisotopic (exact) mass is 846 g/mol. The lowest BCUT2D eigenvalue weighted by molar-refractivity contribution is 0.790. The topological polar surface area (TPSA) is 9.86 Å². The number of aryl methyl sites for hydroxylation is 1. The van der Waals surface area contributed by atoms with E-state index >= 15 is 0 Å². The van der Waals surface area contributed by atoms with E-state index in [4.69, 9.17) is 0 Å². The van der Waals surface area contributed by atoms with Crippen molar-refractivity contribution in [1.29, 1.82) is 0 Å². The van der Waals surface area contributed by atoms with E-state index in [1.807, 2.05) is 0 Å². The van der Waals surface area contributed by atoms with Crippen LogP contribution in [-0.4, -0.2) is 9.13 Å². The maximum atomic E-state index is 2.44. The molecule has 2 heteroatoms. The number of unbranched alkanes of at least 4 members (excludes halogenated alkanes) is 1. The van der Waals surface area contributed by atoms with Crippen LogP contribution in [0, 0.1) is 0 Å². The van der Waals surface area contributed by atoms with Crippen molar-refractivity contribution in [2.75, 3.05) is 0 Å². The SMILES string of the molecule is CCCCc1cccc(C2CC=CC=C2c2ccc(-n3c4ccccc4c4cc(-c5ccc6c(c5)c5ccccc5n6-c5ccc(-c6ccc(-c7ccccc7)cc6)cc5)ccc43)cc2)c1. The Balaban J connectivity index is 0.869. The van der Waals surface area contributed by atoms with Crippen LogP contribution in [0.2, 0.25) is 0 Å². The molecule has 0 saturated carbocycles. The van der Waals surface area contributed by atoms with Crippen molar-refractivity contribution in [3.63, 3.8) is 0 Å². The predicted octanol–water partition coefficient (Wildman–Crippen LogP) is 17.4. The Morgan fingerprint density at radius 2 is 0.894 bits per heavy atom. The van der Waals surface area contributed by atoms with Gasteiger partial charge >= 0.3 is 0 Å². The van der Waals surface area contributed by atoms with E-state index < -0.39 is 0 Å². The number of benzene rings is 9. The molecule has 0 fully saturated rings. The van der Waals surface area contributed by atoms with Crippen LogP contribution >= 0.6 is 0 Å². The Kier molecular flexibility index (Phi) is 10.1. The summed E-state index contributed by atoms with van der Waals surface area (Å²) in [5.74, 6) is 0.353. The number of allylic oxidation sites excluding steroid dienone is 4. The van der Waals surface area contributed by atoms with Crippen molar-refractivity contribution in [2.24, 2.45) is 0 Å². The normalized spacial score (nSPS) is 13.8. The first kappa shape index (κ1) is 39.6. The molecule has 0 radical (unpaired) electrons. The Bertz CT molecular complexity index is 3620. The summed E-state index contributed by atoms with van der Waals surface area (Å²) in [7, 11) is 0. The first-order chi connectivity index (χ1) is 32.7. The van der Waals surface area contributed by atoms with Crippen LogP contribution in [-0.2, 0) is 6.42 Å². The lowest BCUT2D eigenvalue weighted by Crippen LogP contribution is -2.05. The lowest BCUT2D eigenvalue weighted by Gasteiger charge is -2.23. The molecule has 1 aliphatic rings. The number of hydrogen-bond donors (Lipinski definition) is 0. The van der Waals surface area contributed by atoms with Crippen molar-refractivity contribution >= 4 is 49.2 Å². The number of aromatic nitrogens is 2. The van der Waals surface area contributed by atoms with Crippen LogP contribution in [0.15, 0.2) is 231 Å². The van der Waals surface area contributed by atoms with Crippen molar-refractivity contribution in [3.8, 4) is 44.8 Å². The van der Waals surface area contributed by atoms with Gasteiger partial charge in [0, 0.05) is 38.8 Å². The molecule has 316 valence electrons. The minimum atomic E-state index is 0.353. The molecule has 0 bridgehead atoms. The summed E-state index contributed by atoms with van der Waals surface area (Å²) in [6.07, 6.45) is 11.5. The molecule has 2 nitrogen and oxygen atoms in total. The van der Waals surface area contributed by atoms with Crippen molar-refractivity contribution in [1.82, 2.24) is 9.13 Å². The predicted molar refractivity (Wildman–Crippen MR) is 281 cm³/mol. The molecule has 12 rings (SSSR count). The average Bonchev–Trinajstić information content (AvgIpc) is 3.91. The summed E-state index contributed by atoms with van der Waals surface area (Å²) in [5, 5.41) is 5.02. The number of rotatable bonds is 10. The summed E-state index contributed by atoms with van der Waals surface area (Å²) in [6, 6.07) is 78.7. The highest BCUT2D eigenvalue weighted by Crippen LogP contribution is 2.41. The molecule has 1 unspecified atom stereocenters. The molecule has 2 aromatic heterocycles. The summed E-state index contributed by atoms with van der Waals surface area (Å²) >= 11 is 0. The third-order valence-corrected chi connectivity index (χ3v) is 13.9. The van der Waals surface area contributed by atoms with Crippen molar-refractivity contribution in [3.05, 3.63) is 247 Å². The zero-order chi connectivity index (χ0) is 44.0. The minimum absolute atomic E-state index is 0.353. The van der Waals surface area contributed by atoms with Gasteiger partial charge in [-0.2, -0.15) is 0 Å². The molecule has 0 amide bonds. The van der Waals surface area contributed by atoms with Crippen LogP contribution in [0.4, 0.5) is 0 Å². The number of fused-ring (bicyclic) bond motifs is 6. The van der Waals surface area contributed by atoms with Crippen molar-refractivity contribution < 1.29 is 0 Å². The van der Waals surface area contributed by atoms with E-state index in [1.54, 1.807) is 0 Å². The van der Waals surface area contributed by atoms with Crippen LogP contribution in [0.25, 0.3) is 93.9 Å². The summed E-state index contributed by atoms with van der Waals surface area (Å²) in [5.41, 5.74) is 20.0. The summed E-state index contributed by atoms with van der Waals surface area (Å²) in [6.45, 7) is 2.27. The van der Waals surface area contributed by atoms with Gasteiger partial charge in [0.05, 0.1) is 22.1 Å². The first-order valence-corrected chi connectivity index (χ1v) is 23.6. The largest absolute Gasteiger partial charge is 0.309 e. The second-order valence-electron chi connectivity index (χ2n) is 17.9. The van der Waals surface area contributed by atoms with E-state index in [1.165, 1.54) is 118 Å². The summed E-state index contributed by atoms with van der Waals surface area (Å²) < 4.78 is 4.84. The number of nitrogens with zero attached hydrogens (tertiary/aromatic N) is 2. The van der Waals surface area contributed by atoms with Gasteiger partial charge in [-0.1, -0.05) is 183 Å². The Hall–Kier alpha value is -7.94. The Labute approximate surface area is 387 Å². The zero-order valence-electron chi connectivity index (χ0n) is 37.2. The molecule has 0 spiro atoms. The van der Waals surface area contributed by atoms with Gasteiger partial charge in [-0.3, -0.25) is 0 Å². The van der Waals surface area contributed by atoms with Crippen LogP contribution in [0.5, 0.6) is 0 Å². The zero-order valence-corrected chi connectivity index (χ0v) is 37.2. The van der Waals surface area contributed by atoms with Gasteiger partial charge in [0.2, 0.25) is 0 Å². The highest BCUT2D eigenvalue weighted by Gasteiger charge is 2.21. The third kappa shape index (κ3) is 7.07. The molecule has 0 N–H and O–H groups in total. The molecule has 0 aliphatic heterocycles. The van der Waals surface area contributed by atoms with Gasteiger partial charge in [0.1, 0.15) is 0 Å². The molecule has 2 heterocycles. The third-order valence-electron chi connectivity index (χ3n) is 13.9. The van der Waals surface area contributed by atoms with Crippen LogP contribution in [0.1, 0.15) is 48.8 Å². The van der Waals surface area contributed by atoms with Crippen LogP contribution in [0.3, 0.4) is 0 Å². The second kappa shape index (κ2) is 16.9. The minimum Gasteiger partial charge on any atom is -0.309 e. The van der Waals surface area contributed by atoms with Crippen LogP contribution < -0.4 is 0 Å². The number of para-hydroxylation sites is 2. The molecular formula is C64H50N2. The standard InChI is InChI=1S/C64H50N2/c1-2-3-14-44-15-13-18-52(41-44)56-20-8-7-19-55(56)49-31-37-54(38-32-49)66-62-24-12-10-22-58(62)60-43-51(34-40-64(60)66)50-33-39-63-59(42-50)57-21-9-11-23-61(57)65(63)53-35-29-48(30-36-53)47-27-25-46(26-28-47)45-16-5-4-6-17-45/h4-13,15-19,21-43,56H,2-3,14,20H2,1H3. The first-order valence-electron chi connectivity index (χ1n) is 23.6. The fourth-order valence-electron chi connectivity index (χ4n) is 10.5. The van der Waals surface area contributed by atoms with E-state index in [0.717, 1.165) is 18.5 Å². The van der Waals surface area contributed by atoms with Gasteiger partial charge in [0.15, 0.2) is 0 Å². The lowest BCUT2D eigenvalue weighted by atomic mass is 9.81. The Morgan fingerprint density at radius 3 is 1.47 bits per heavy atom. The maximum absolute atomic E-state index is 2.44. The molecule has 0 saturated heterocycles. The molecule has 66 heavy (non-hydrogen) atoms. The van der Waals surface area contributed by atoms with E-state index in [9.17, 15) is 0 Å². The molecular weight excluding hydrogens is 797 g/mol. The van der Waals surface area contributed by atoms with E-state index in [2.05, 4.69) is 247 Å². The molecule has 11 aromatic rings. The summed E-state index contributed by atoms with van der Waals surface area (Å²) in [4.78, 5) is 0. The highest BCUT2D eigenvalue weighted by molar-refractivity contribution is 6.12. The van der Waals surface area contributed by atoms with Crippen molar-refractivity contribution in [2.45, 2.75) is 38.5 Å². The quantitative estimate of drug-likeness (QED) is 0.130. The van der Waals surface area contributed by atoms with Gasteiger partial charge in [-0.05, 0) is 136 Å². The smallest absolute Gasteiger partial charge is 0.0541 e. The van der Waals surface area contributed by atoms with Gasteiger partial charge < -0.3 is 9.13 Å². The van der Waals surface area contributed by atoms with E-state index in [0.29, 0.717) is 5.92 Å². The van der Waals surface area contributed by atoms with Gasteiger partial charge in [-0.15, -0.1) is 0 Å². The Morgan fingerprint density at radius 1 is 0.409 bits per heavy atom. The van der Waals surface area contributed by atoms with Gasteiger partial charge in [0.25, 0.3) is 0 Å².